The van der Waals surface area contributed by atoms with Gasteiger partial charge in [-0.3, -0.25) is 0 Å². The molecule has 0 heterocycles. The first-order valence-electron chi connectivity index (χ1n) is 4.77. The van der Waals surface area contributed by atoms with Crippen molar-refractivity contribution in [3.8, 4) is 0 Å². The molecule has 2 aliphatic carbocycles. The van der Waals surface area contributed by atoms with E-state index >= 15 is 0 Å². The van der Waals surface area contributed by atoms with Crippen LogP contribution in [0.5, 0.6) is 0 Å². The van der Waals surface area contributed by atoms with Gasteiger partial charge in [0.05, 0.1) is 0 Å². The van der Waals surface area contributed by atoms with E-state index in [0.29, 0.717) is 0 Å². The average molecular weight is 375 g/mol. The third-order valence-electron chi connectivity index (χ3n) is 2.63. The molecule has 2 aliphatic rings. The Hall–Kier alpha value is -0.310. The van der Waals surface area contributed by atoms with Crippen molar-refractivity contribution >= 4 is 0 Å². The second kappa shape index (κ2) is 6.31. The van der Waals surface area contributed by atoms with Gasteiger partial charge in [0.25, 0.3) is 0 Å². The summed E-state index contributed by atoms with van der Waals surface area (Å²) in [6.07, 6.45) is 11.7. The van der Waals surface area contributed by atoms with Crippen molar-refractivity contribution in [1.82, 2.24) is 0 Å². The van der Waals surface area contributed by atoms with Crippen LogP contribution in [0.3, 0.4) is 0 Å². The fraction of sp³-hybridized carbons (Fsp3) is 0.333. The minimum atomic E-state index is -0.612. The Kier molecular flexibility index (Phi) is 6.18. The third kappa shape index (κ3) is 3.33. The molecule has 0 N–H and O–H groups in total. The van der Waals surface area contributed by atoms with Crippen molar-refractivity contribution in [1.29, 1.82) is 0 Å². The minimum absolute atomic E-state index is 0. The average Bonchev–Trinajstić information content (AvgIpc) is 2.65. The van der Waals surface area contributed by atoms with E-state index in [1.807, 2.05) is 0 Å². The maximum Gasteiger partial charge on any atom is -1.00 e. The molecule has 2 rings (SSSR count). The summed E-state index contributed by atoms with van der Waals surface area (Å²) >= 11 is -0.612. The quantitative estimate of drug-likeness (QED) is 0.471. The van der Waals surface area contributed by atoms with Crippen molar-refractivity contribution < 1.29 is 32.3 Å². The number of allylic oxidation sites excluding steroid dienone is 8. The van der Waals surface area contributed by atoms with Crippen LogP contribution in [0.4, 0.5) is 0 Å². The van der Waals surface area contributed by atoms with E-state index in [9.17, 15) is 0 Å². The van der Waals surface area contributed by atoms with E-state index in [2.05, 4.69) is 38.2 Å². The summed E-state index contributed by atoms with van der Waals surface area (Å²) in [6.45, 7) is 4.54. The molecule has 0 fully saturated rings. The van der Waals surface area contributed by atoms with Crippen LogP contribution in [0.25, 0.3) is 0 Å². The Morgan fingerprint density at radius 2 is 1.27 bits per heavy atom. The summed E-state index contributed by atoms with van der Waals surface area (Å²) < 4.78 is 3.61. The molecule has 0 bridgehead atoms. The minimum Gasteiger partial charge on any atom is -1.00 e. The Balaban J connectivity index is 0.000000980. The van der Waals surface area contributed by atoms with Gasteiger partial charge in [-0.1, -0.05) is 0 Å². The van der Waals surface area contributed by atoms with Crippen LogP contribution in [0, 0.1) is 0 Å². The molecule has 0 radical (unpaired) electrons. The first-order chi connectivity index (χ1) is 6.27. The van der Waals surface area contributed by atoms with Crippen LogP contribution in [0.15, 0.2) is 42.1 Å². The molecular weight excluding hydrogens is 361 g/mol. The summed E-state index contributed by atoms with van der Waals surface area (Å²) in [5, 5.41) is 0. The van der Waals surface area contributed by atoms with Crippen molar-refractivity contribution in [2.45, 2.75) is 26.7 Å². The van der Waals surface area contributed by atoms with Gasteiger partial charge in [-0.2, -0.15) is 0 Å². The normalized spacial score (nSPS) is 17.7. The van der Waals surface area contributed by atoms with E-state index < -0.39 is 22.9 Å². The summed E-state index contributed by atoms with van der Waals surface area (Å²) in [4.78, 5) is 0. The third-order valence-corrected chi connectivity index (χ3v) is 9.10. The standard InChI is InChI=1S/2C6H7.2FH.Hf/c2*1-6-4-2-3-5-6;;;/h2*2,4H,3H2,1H3;2*1H;/q;;;;+2/p-2. The van der Waals surface area contributed by atoms with Gasteiger partial charge in [0.15, 0.2) is 0 Å². The van der Waals surface area contributed by atoms with Gasteiger partial charge in [0, 0.05) is 0 Å². The fourth-order valence-electron chi connectivity index (χ4n) is 1.71. The number of rotatable bonds is 2. The van der Waals surface area contributed by atoms with Gasteiger partial charge in [-0.05, 0) is 0 Å². The van der Waals surface area contributed by atoms with E-state index in [1.165, 1.54) is 12.8 Å². The molecular formula is C12H14F2Hf. The van der Waals surface area contributed by atoms with Gasteiger partial charge in [-0.25, -0.2) is 0 Å². The van der Waals surface area contributed by atoms with Crippen molar-refractivity contribution in [3.05, 3.63) is 42.1 Å². The summed E-state index contributed by atoms with van der Waals surface area (Å²) in [5.41, 5.74) is 3.13. The maximum atomic E-state index is 2.32. The van der Waals surface area contributed by atoms with E-state index in [-0.39, 0.29) is 9.41 Å². The maximum absolute atomic E-state index is 2.32. The molecule has 80 valence electrons. The predicted octanol–water partition coefficient (Wildman–Crippen LogP) is -2.46. The molecule has 0 amide bonds. The SMILES string of the molecule is CC1=[C]([Hf+2][C]2=C(C)C=CC2)CC=C1.[F-].[F-]. The van der Waals surface area contributed by atoms with Crippen LogP contribution >= 0.6 is 0 Å². The molecule has 0 aliphatic heterocycles. The van der Waals surface area contributed by atoms with Gasteiger partial charge >= 0.3 is 91.7 Å². The summed E-state index contributed by atoms with van der Waals surface area (Å²) in [7, 11) is 0. The van der Waals surface area contributed by atoms with Crippen LogP contribution in [-0.4, -0.2) is 0 Å². The van der Waals surface area contributed by atoms with Gasteiger partial charge < -0.3 is 9.41 Å². The Bertz CT molecular complexity index is 315. The van der Waals surface area contributed by atoms with E-state index in [4.69, 9.17) is 0 Å². The molecule has 0 spiro atoms. The Morgan fingerprint density at radius 3 is 1.53 bits per heavy atom. The number of hydrogen-bond donors (Lipinski definition) is 0. The van der Waals surface area contributed by atoms with Gasteiger partial charge in [0.2, 0.25) is 0 Å². The molecule has 0 aromatic rings. The second-order valence-corrected chi connectivity index (χ2v) is 8.90. The molecule has 0 aromatic heterocycles. The van der Waals surface area contributed by atoms with E-state index in [1.54, 1.807) is 17.8 Å². The number of halogens is 2. The molecule has 0 aromatic carbocycles. The first-order valence-corrected chi connectivity index (χ1v) is 8.36. The summed E-state index contributed by atoms with van der Waals surface area (Å²) in [6, 6.07) is 0. The van der Waals surface area contributed by atoms with Crippen LogP contribution < -0.4 is 9.41 Å². The molecule has 0 atom stereocenters. The van der Waals surface area contributed by atoms with Crippen LogP contribution in [0.2, 0.25) is 0 Å². The van der Waals surface area contributed by atoms with Crippen molar-refractivity contribution in [3.63, 3.8) is 0 Å². The zero-order valence-corrected chi connectivity index (χ0v) is 12.6. The molecule has 3 heteroatoms. The molecule has 0 saturated carbocycles. The zero-order chi connectivity index (χ0) is 9.26. The van der Waals surface area contributed by atoms with Gasteiger partial charge in [0.1, 0.15) is 0 Å². The second-order valence-electron chi connectivity index (χ2n) is 3.66. The topological polar surface area (TPSA) is 0 Å². The molecule has 0 unspecified atom stereocenters. The van der Waals surface area contributed by atoms with Crippen LogP contribution in [-0.2, 0) is 22.9 Å². The summed E-state index contributed by atoms with van der Waals surface area (Å²) in [5.74, 6) is 0. The predicted molar refractivity (Wildman–Crippen MR) is 52.9 cm³/mol. The number of hydrogen-bond acceptors (Lipinski definition) is 0. The Morgan fingerprint density at radius 1 is 0.867 bits per heavy atom. The molecule has 15 heavy (non-hydrogen) atoms. The van der Waals surface area contributed by atoms with Crippen LogP contribution in [0.1, 0.15) is 26.7 Å². The van der Waals surface area contributed by atoms with Crippen molar-refractivity contribution in [2.75, 3.05) is 0 Å². The monoisotopic (exact) mass is 376 g/mol. The van der Waals surface area contributed by atoms with E-state index in [0.717, 1.165) is 0 Å². The van der Waals surface area contributed by atoms with Crippen molar-refractivity contribution in [2.24, 2.45) is 0 Å². The Labute approximate surface area is 101 Å². The fourth-order valence-corrected chi connectivity index (χ4v) is 6.62. The smallest absolute Gasteiger partial charge is 1.00 e. The first kappa shape index (κ1) is 14.7. The molecule has 0 nitrogen and oxygen atoms in total. The largest absolute Gasteiger partial charge is 1.00 e. The van der Waals surface area contributed by atoms with Gasteiger partial charge in [-0.15, -0.1) is 0 Å². The molecule has 0 saturated heterocycles. The zero-order valence-electron chi connectivity index (χ0n) is 8.98.